The Morgan fingerprint density at radius 1 is 1.25 bits per heavy atom. The molecular formula is C11H17NO2S2. The molecule has 16 heavy (non-hydrogen) atoms. The van der Waals surface area contributed by atoms with Crippen LogP contribution in [-0.4, -0.2) is 19.7 Å². The zero-order valence-electron chi connectivity index (χ0n) is 9.13. The molecule has 1 heterocycles. The average Bonchev–Trinajstić information content (AvgIpc) is 2.69. The van der Waals surface area contributed by atoms with E-state index in [4.69, 9.17) is 5.73 Å². The zero-order valence-corrected chi connectivity index (χ0v) is 10.8. The predicted octanol–water partition coefficient (Wildman–Crippen LogP) is 2.18. The molecule has 2 rings (SSSR count). The van der Waals surface area contributed by atoms with Crippen LogP contribution in [0.2, 0.25) is 0 Å². The van der Waals surface area contributed by atoms with Gasteiger partial charge in [-0.2, -0.15) is 0 Å². The summed E-state index contributed by atoms with van der Waals surface area (Å²) in [6.07, 6.45) is 4.67. The third-order valence-electron chi connectivity index (χ3n) is 3.18. The van der Waals surface area contributed by atoms with Crippen molar-refractivity contribution in [1.29, 1.82) is 0 Å². The van der Waals surface area contributed by atoms with Gasteiger partial charge >= 0.3 is 0 Å². The Balaban J connectivity index is 2.28. The molecule has 1 fully saturated rings. The molecule has 1 aromatic heterocycles. The summed E-state index contributed by atoms with van der Waals surface area (Å²) in [7, 11) is -3.20. The Hall–Kier alpha value is -0.390. The molecule has 1 saturated carbocycles. The Bertz CT molecular complexity index is 425. The van der Waals surface area contributed by atoms with Crippen LogP contribution in [0.25, 0.3) is 0 Å². The lowest BCUT2D eigenvalue weighted by molar-refractivity contribution is 0.533. The van der Waals surface area contributed by atoms with Gasteiger partial charge in [0.1, 0.15) is 4.21 Å². The quantitative estimate of drug-likeness (QED) is 0.828. The Morgan fingerprint density at radius 2 is 2.00 bits per heavy atom. The van der Waals surface area contributed by atoms with Gasteiger partial charge in [-0.1, -0.05) is 25.3 Å². The molecule has 5 heteroatoms. The summed E-state index contributed by atoms with van der Waals surface area (Å²) < 4.78 is 25.2. The summed E-state index contributed by atoms with van der Waals surface area (Å²) in [4.78, 5) is 0. The fourth-order valence-electron chi connectivity index (χ4n) is 2.26. The zero-order chi connectivity index (χ0) is 11.6. The molecule has 2 N–H and O–H groups in total. The number of hydrogen-bond donors (Lipinski definition) is 1. The molecule has 2 unspecified atom stereocenters. The van der Waals surface area contributed by atoms with Gasteiger partial charge in [-0.25, -0.2) is 8.42 Å². The second kappa shape index (κ2) is 4.85. The summed E-state index contributed by atoms with van der Waals surface area (Å²) >= 11 is 1.29. The smallest absolute Gasteiger partial charge is 0.192 e. The first kappa shape index (κ1) is 12.1. The minimum atomic E-state index is -3.20. The number of thiophene rings is 1. The molecule has 0 amide bonds. The second-order valence-electron chi connectivity index (χ2n) is 4.32. The summed E-state index contributed by atoms with van der Waals surface area (Å²) in [6.45, 7) is 0. The van der Waals surface area contributed by atoms with Gasteiger partial charge in [0.2, 0.25) is 0 Å². The van der Waals surface area contributed by atoms with Gasteiger partial charge in [-0.3, -0.25) is 0 Å². The van der Waals surface area contributed by atoms with Crippen molar-refractivity contribution >= 4 is 21.2 Å². The van der Waals surface area contributed by atoms with Crippen LogP contribution in [0.1, 0.15) is 32.1 Å². The fraction of sp³-hybridized carbons (Fsp3) is 0.636. The van der Waals surface area contributed by atoms with Gasteiger partial charge in [-0.05, 0) is 24.3 Å². The topological polar surface area (TPSA) is 60.2 Å². The first-order chi connectivity index (χ1) is 7.62. The largest absolute Gasteiger partial charge is 0.327 e. The molecule has 90 valence electrons. The Morgan fingerprint density at radius 3 is 2.69 bits per heavy atom. The molecule has 2 atom stereocenters. The van der Waals surface area contributed by atoms with Crippen molar-refractivity contribution in [2.75, 3.05) is 0 Å². The predicted molar refractivity (Wildman–Crippen MR) is 66.4 cm³/mol. The van der Waals surface area contributed by atoms with E-state index < -0.39 is 9.84 Å². The van der Waals surface area contributed by atoms with Crippen molar-refractivity contribution in [3.8, 4) is 0 Å². The normalized spacial score (nSPS) is 27.6. The van der Waals surface area contributed by atoms with Crippen LogP contribution < -0.4 is 5.73 Å². The van der Waals surface area contributed by atoms with E-state index in [0.29, 0.717) is 10.6 Å². The molecule has 1 aliphatic carbocycles. The number of nitrogens with two attached hydrogens (primary N) is 1. The van der Waals surface area contributed by atoms with Crippen molar-refractivity contribution in [1.82, 2.24) is 0 Å². The molecule has 0 aromatic carbocycles. The van der Waals surface area contributed by atoms with Crippen LogP contribution in [0, 0.1) is 0 Å². The van der Waals surface area contributed by atoms with E-state index in [1.165, 1.54) is 11.3 Å². The molecule has 1 aromatic rings. The monoisotopic (exact) mass is 259 g/mol. The lowest BCUT2D eigenvalue weighted by Gasteiger charge is -2.20. The standard InChI is InChI=1S/C11H17NO2S2/c12-9-5-2-1-3-6-10(9)16(13,14)11-7-4-8-15-11/h4,7-10H,1-3,5-6,12H2. The van der Waals surface area contributed by atoms with Crippen molar-refractivity contribution in [3.63, 3.8) is 0 Å². The van der Waals surface area contributed by atoms with Crippen LogP contribution in [0.3, 0.4) is 0 Å². The van der Waals surface area contributed by atoms with E-state index in [0.717, 1.165) is 25.7 Å². The van der Waals surface area contributed by atoms with Gasteiger partial charge in [0.05, 0.1) is 5.25 Å². The van der Waals surface area contributed by atoms with Crippen LogP contribution >= 0.6 is 11.3 Å². The maximum atomic E-state index is 12.3. The highest BCUT2D eigenvalue weighted by Gasteiger charge is 2.33. The minimum absolute atomic E-state index is 0.199. The molecule has 0 aliphatic heterocycles. The highest BCUT2D eigenvalue weighted by atomic mass is 32.2. The van der Waals surface area contributed by atoms with Crippen molar-refractivity contribution in [3.05, 3.63) is 17.5 Å². The van der Waals surface area contributed by atoms with Crippen molar-refractivity contribution in [2.45, 2.75) is 47.6 Å². The van der Waals surface area contributed by atoms with Gasteiger partial charge in [0.15, 0.2) is 9.84 Å². The lowest BCUT2D eigenvalue weighted by atomic mass is 10.1. The minimum Gasteiger partial charge on any atom is -0.327 e. The summed E-state index contributed by atoms with van der Waals surface area (Å²) in [5.74, 6) is 0. The number of rotatable bonds is 2. The summed E-state index contributed by atoms with van der Waals surface area (Å²) in [5, 5.41) is 1.42. The number of hydrogen-bond acceptors (Lipinski definition) is 4. The molecule has 3 nitrogen and oxygen atoms in total. The third-order valence-corrected chi connectivity index (χ3v) is 6.90. The van der Waals surface area contributed by atoms with Crippen LogP contribution in [0.4, 0.5) is 0 Å². The summed E-state index contributed by atoms with van der Waals surface area (Å²) in [5.41, 5.74) is 6.00. The van der Waals surface area contributed by atoms with Gasteiger partial charge in [0, 0.05) is 6.04 Å². The highest BCUT2D eigenvalue weighted by molar-refractivity contribution is 7.94. The summed E-state index contributed by atoms with van der Waals surface area (Å²) in [6, 6.07) is 3.26. The van der Waals surface area contributed by atoms with E-state index in [1.807, 2.05) is 0 Å². The second-order valence-corrected chi connectivity index (χ2v) is 7.66. The van der Waals surface area contributed by atoms with Crippen LogP contribution in [-0.2, 0) is 9.84 Å². The molecule has 0 bridgehead atoms. The van der Waals surface area contributed by atoms with Gasteiger partial charge < -0.3 is 5.73 Å². The van der Waals surface area contributed by atoms with Gasteiger partial charge in [0.25, 0.3) is 0 Å². The molecule has 1 aliphatic rings. The average molecular weight is 259 g/mol. The fourth-order valence-corrected chi connectivity index (χ4v) is 5.42. The van der Waals surface area contributed by atoms with E-state index in [9.17, 15) is 8.42 Å². The Kier molecular flexibility index (Phi) is 3.66. The molecular weight excluding hydrogens is 242 g/mol. The Labute approximate surface area is 101 Å². The lowest BCUT2D eigenvalue weighted by Crippen LogP contribution is -2.39. The molecule has 0 saturated heterocycles. The van der Waals surface area contributed by atoms with E-state index in [2.05, 4.69) is 0 Å². The van der Waals surface area contributed by atoms with Crippen LogP contribution in [0.15, 0.2) is 21.7 Å². The maximum absolute atomic E-state index is 12.3. The molecule has 0 spiro atoms. The van der Waals surface area contributed by atoms with Crippen LogP contribution in [0.5, 0.6) is 0 Å². The van der Waals surface area contributed by atoms with E-state index in [-0.39, 0.29) is 11.3 Å². The van der Waals surface area contributed by atoms with E-state index in [1.54, 1.807) is 17.5 Å². The van der Waals surface area contributed by atoms with Gasteiger partial charge in [-0.15, -0.1) is 11.3 Å². The van der Waals surface area contributed by atoms with Crippen molar-refractivity contribution < 1.29 is 8.42 Å². The van der Waals surface area contributed by atoms with Crippen molar-refractivity contribution in [2.24, 2.45) is 5.73 Å². The maximum Gasteiger partial charge on any atom is 0.192 e. The molecule has 0 radical (unpaired) electrons. The highest BCUT2D eigenvalue weighted by Crippen LogP contribution is 2.29. The number of sulfone groups is 1. The first-order valence-electron chi connectivity index (χ1n) is 5.65. The van der Waals surface area contributed by atoms with E-state index >= 15 is 0 Å². The first-order valence-corrected chi connectivity index (χ1v) is 8.08. The SMILES string of the molecule is NC1CCCCCC1S(=O)(=O)c1cccs1. The third kappa shape index (κ3) is 2.31.